The van der Waals surface area contributed by atoms with E-state index in [2.05, 4.69) is 5.10 Å². The van der Waals surface area contributed by atoms with E-state index < -0.39 is 5.97 Å². The van der Waals surface area contributed by atoms with Gasteiger partial charge in [-0.05, 0) is 19.4 Å². The van der Waals surface area contributed by atoms with Crippen LogP contribution in [0.4, 0.5) is 5.69 Å². The molecule has 1 heterocycles. The molecule has 0 atom stereocenters. The van der Waals surface area contributed by atoms with E-state index in [9.17, 15) is 9.59 Å². The molecule has 2 rings (SSSR count). The first-order chi connectivity index (χ1) is 11.5. The first kappa shape index (κ1) is 17.5. The number of carbonyl (C=O) groups is 2. The average molecular weight is 330 g/mol. The maximum absolute atomic E-state index is 13.0. The molecule has 0 aliphatic carbocycles. The van der Waals surface area contributed by atoms with Gasteiger partial charge < -0.3 is 15.4 Å². The van der Waals surface area contributed by atoms with Gasteiger partial charge in [0.1, 0.15) is 12.2 Å². The summed E-state index contributed by atoms with van der Waals surface area (Å²) in [6.45, 7) is 4.26. The molecule has 0 fully saturated rings. The zero-order valence-corrected chi connectivity index (χ0v) is 14.2. The summed E-state index contributed by atoms with van der Waals surface area (Å²) in [6, 6.07) is 9.44. The Morgan fingerprint density at radius 1 is 1.29 bits per heavy atom. The van der Waals surface area contributed by atoms with Crippen LogP contribution >= 0.6 is 0 Å². The van der Waals surface area contributed by atoms with Gasteiger partial charge in [-0.15, -0.1) is 0 Å². The second-order valence-corrected chi connectivity index (χ2v) is 5.39. The zero-order valence-electron chi connectivity index (χ0n) is 14.2. The summed E-state index contributed by atoms with van der Waals surface area (Å²) >= 11 is 0. The predicted octanol–water partition coefficient (Wildman–Crippen LogP) is 1.61. The van der Waals surface area contributed by atoms with Crippen LogP contribution in [0.2, 0.25) is 0 Å². The molecular weight excluding hydrogens is 308 g/mol. The molecule has 0 saturated carbocycles. The SMILES string of the molecule is CCn1nc(C)c(N)c1C(=O)N(CC(=O)OC)Cc1ccccc1. The first-order valence-corrected chi connectivity index (χ1v) is 7.70. The van der Waals surface area contributed by atoms with Crippen LogP contribution in [0.25, 0.3) is 0 Å². The molecule has 2 N–H and O–H groups in total. The van der Waals surface area contributed by atoms with E-state index in [0.717, 1.165) is 5.56 Å². The van der Waals surface area contributed by atoms with Gasteiger partial charge >= 0.3 is 5.97 Å². The number of methoxy groups -OCH3 is 1. The van der Waals surface area contributed by atoms with Gasteiger partial charge in [0.15, 0.2) is 0 Å². The third-order valence-electron chi connectivity index (χ3n) is 3.73. The Morgan fingerprint density at radius 3 is 2.54 bits per heavy atom. The first-order valence-electron chi connectivity index (χ1n) is 7.70. The Morgan fingerprint density at radius 2 is 1.96 bits per heavy atom. The van der Waals surface area contributed by atoms with Gasteiger partial charge in [0, 0.05) is 13.1 Å². The number of amides is 1. The summed E-state index contributed by atoms with van der Waals surface area (Å²) < 4.78 is 6.27. The van der Waals surface area contributed by atoms with Gasteiger partial charge in [-0.25, -0.2) is 0 Å². The molecule has 1 aromatic carbocycles. The quantitative estimate of drug-likeness (QED) is 0.813. The Hall–Kier alpha value is -2.83. The Labute approximate surface area is 141 Å². The lowest BCUT2D eigenvalue weighted by molar-refractivity contribution is -0.141. The fraction of sp³-hybridized carbons (Fsp3) is 0.353. The highest BCUT2D eigenvalue weighted by Crippen LogP contribution is 2.20. The molecule has 1 amide bonds. The summed E-state index contributed by atoms with van der Waals surface area (Å²) in [6.07, 6.45) is 0. The number of nitrogen functional groups attached to an aromatic ring is 1. The van der Waals surface area contributed by atoms with Crippen molar-refractivity contribution in [1.82, 2.24) is 14.7 Å². The summed E-state index contributed by atoms with van der Waals surface area (Å²) in [5, 5.41) is 4.27. The van der Waals surface area contributed by atoms with Crippen molar-refractivity contribution in [2.24, 2.45) is 0 Å². The number of anilines is 1. The van der Waals surface area contributed by atoms with Crippen molar-refractivity contribution in [3.05, 3.63) is 47.3 Å². The number of hydrogen-bond acceptors (Lipinski definition) is 5. The highest BCUT2D eigenvalue weighted by atomic mass is 16.5. The summed E-state index contributed by atoms with van der Waals surface area (Å²) in [5.41, 5.74) is 8.17. The molecule has 2 aromatic rings. The average Bonchev–Trinajstić information content (AvgIpc) is 2.88. The van der Waals surface area contributed by atoms with Gasteiger partial charge in [-0.2, -0.15) is 5.10 Å². The third kappa shape index (κ3) is 3.73. The Balaban J connectivity index is 2.35. The smallest absolute Gasteiger partial charge is 0.325 e. The maximum atomic E-state index is 13.0. The monoisotopic (exact) mass is 330 g/mol. The molecule has 0 radical (unpaired) electrons. The lowest BCUT2D eigenvalue weighted by atomic mass is 10.2. The minimum Gasteiger partial charge on any atom is -0.468 e. The van der Waals surface area contributed by atoms with Crippen LogP contribution in [-0.2, 0) is 22.6 Å². The van der Waals surface area contributed by atoms with Crippen molar-refractivity contribution in [2.45, 2.75) is 26.9 Å². The molecule has 0 aliphatic rings. The normalized spacial score (nSPS) is 10.5. The molecule has 0 unspecified atom stereocenters. The van der Waals surface area contributed by atoms with E-state index in [1.807, 2.05) is 37.3 Å². The topological polar surface area (TPSA) is 90.5 Å². The summed E-state index contributed by atoms with van der Waals surface area (Å²) in [4.78, 5) is 26.1. The van der Waals surface area contributed by atoms with Crippen LogP contribution in [0.1, 0.15) is 28.7 Å². The standard InChI is InChI=1S/C17H22N4O3/c1-4-21-16(15(18)12(2)19-21)17(23)20(11-14(22)24-3)10-13-8-6-5-7-9-13/h5-9H,4,10-11,18H2,1-3H3. The van der Waals surface area contributed by atoms with Crippen LogP contribution in [0.5, 0.6) is 0 Å². The number of hydrogen-bond donors (Lipinski definition) is 1. The summed E-state index contributed by atoms with van der Waals surface area (Å²) in [7, 11) is 1.29. The Bertz CT molecular complexity index is 725. The number of nitrogens with zero attached hydrogens (tertiary/aromatic N) is 3. The van der Waals surface area contributed by atoms with Crippen LogP contribution in [0, 0.1) is 6.92 Å². The molecule has 7 heteroatoms. The van der Waals surface area contributed by atoms with E-state index in [1.54, 1.807) is 11.6 Å². The van der Waals surface area contributed by atoms with Crippen molar-refractivity contribution in [2.75, 3.05) is 19.4 Å². The second-order valence-electron chi connectivity index (χ2n) is 5.39. The van der Waals surface area contributed by atoms with E-state index in [0.29, 0.717) is 23.6 Å². The molecule has 7 nitrogen and oxygen atoms in total. The lowest BCUT2D eigenvalue weighted by Gasteiger charge is -2.22. The molecule has 0 saturated heterocycles. The minimum absolute atomic E-state index is 0.155. The largest absolute Gasteiger partial charge is 0.468 e. The van der Waals surface area contributed by atoms with Crippen LogP contribution < -0.4 is 5.73 Å². The van der Waals surface area contributed by atoms with Gasteiger partial charge in [0.2, 0.25) is 0 Å². The number of aryl methyl sites for hydroxylation is 2. The van der Waals surface area contributed by atoms with E-state index in [1.165, 1.54) is 12.0 Å². The maximum Gasteiger partial charge on any atom is 0.325 e. The zero-order chi connectivity index (χ0) is 17.7. The van der Waals surface area contributed by atoms with Crippen molar-refractivity contribution in [1.29, 1.82) is 0 Å². The number of ether oxygens (including phenoxy) is 1. The molecule has 0 bridgehead atoms. The van der Waals surface area contributed by atoms with Crippen molar-refractivity contribution < 1.29 is 14.3 Å². The van der Waals surface area contributed by atoms with Gasteiger partial charge in [0.05, 0.1) is 18.5 Å². The second kappa shape index (κ2) is 7.63. The van der Waals surface area contributed by atoms with Crippen molar-refractivity contribution in [3.63, 3.8) is 0 Å². The number of rotatable bonds is 6. The van der Waals surface area contributed by atoms with Gasteiger partial charge in [-0.3, -0.25) is 14.3 Å². The number of aromatic nitrogens is 2. The third-order valence-corrected chi connectivity index (χ3v) is 3.73. The molecule has 1 aromatic heterocycles. The number of nitrogens with two attached hydrogens (primary N) is 1. The number of esters is 1. The fourth-order valence-electron chi connectivity index (χ4n) is 2.42. The lowest BCUT2D eigenvalue weighted by Crippen LogP contribution is -2.37. The summed E-state index contributed by atoms with van der Waals surface area (Å²) in [5.74, 6) is -0.832. The Kier molecular flexibility index (Phi) is 5.57. The van der Waals surface area contributed by atoms with Crippen LogP contribution in [0.3, 0.4) is 0 Å². The molecule has 0 aliphatic heterocycles. The van der Waals surface area contributed by atoms with Crippen LogP contribution in [-0.4, -0.2) is 40.2 Å². The van der Waals surface area contributed by atoms with Crippen LogP contribution in [0.15, 0.2) is 30.3 Å². The van der Waals surface area contributed by atoms with E-state index in [-0.39, 0.29) is 19.0 Å². The fourth-order valence-corrected chi connectivity index (χ4v) is 2.42. The minimum atomic E-state index is -0.489. The van der Waals surface area contributed by atoms with Crippen molar-refractivity contribution >= 4 is 17.6 Å². The molecular formula is C17H22N4O3. The van der Waals surface area contributed by atoms with E-state index >= 15 is 0 Å². The highest BCUT2D eigenvalue weighted by Gasteiger charge is 2.26. The molecule has 0 spiro atoms. The number of carbonyl (C=O) groups excluding carboxylic acids is 2. The van der Waals surface area contributed by atoms with Gasteiger partial charge in [0.25, 0.3) is 5.91 Å². The highest BCUT2D eigenvalue weighted by molar-refractivity contribution is 5.99. The predicted molar refractivity (Wildman–Crippen MR) is 90.2 cm³/mol. The number of benzene rings is 1. The van der Waals surface area contributed by atoms with E-state index in [4.69, 9.17) is 10.5 Å². The van der Waals surface area contributed by atoms with Gasteiger partial charge in [-0.1, -0.05) is 30.3 Å². The molecule has 24 heavy (non-hydrogen) atoms. The van der Waals surface area contributed by atoms with Crippen molar-refractivity contribution in [3.8, 4) is 0 Å². The molecule has 128 valence electrons.